The van der Waals surface area contributed by atoms with E-state index in [2.05, 4.69) is 12.2 Å². The van der Waals surface area contributed by atoms with Gasteiger partial charge in [0, 0.05) is 23.6 Å². The van der Waals surface area contributed by atoms with Crippen LogP contribution in [0.4, 0.5) is 5.69 Å². The van der Waals surface area contributed by atoms with Crippen LogP contribution in [-0.4, -0.2) is 63.1 Å². The van der Waals surface area contributed by atoms with Crippen LogP contribution in [0.3, 0.4) is 0 Å². The van der Waals surface area contributed by atoms with Crippen molar-refractivity contribution in [2.75, 3.05) is 25.1 Å². The Balaban J connectivity index is 1.67. The Hall–Kier alpha value is -2.06. The molecule has 1 aromatic carbocycles. The van der Waals surface area contributed by atoms with E-state index in [0.29, 0.717) is 6.54 Å². The van der Waals surface area contributed by atoms with Crippen LogP contribution in [0.1, 0.15) is 63.5 Å². The number of thioether (sulfide) groups is 1. The monoisotopic (exact) mass is 502 g/mol. The molecule has 1 spiro atoms. The summed E-state index contributed by atoms with van der Waals surface area (Å²) in [6, 6.07) is 5.27. The molecule has 3 aliphatic heterocycles. The summed E-state index contributed by atoms with van der Waals surface area (Å²) in [6.07, 6.45) is 4.75. The Morgan fingerprint density at radius 1 is 1.17 bits per heavy atom. The summed E-state index contributed by atoms with van der Waals surface area (Å²) < 4.78 is 4.40. The molecule has 5 atom stereocenters. The number of ether oxygens (including phenoxy) is 1. The van der Waals surface area contributed by atoms with Crippen LogP contribution < -0.4 is 5.32 Å². The average molecular weight is 503 g/mol. The fourth-order valence-electron chi connectivity index (χ4n) is 6.51. The number of nitrogens with one attached hydrogen (secondary N) is 1. The Kier molecular flexibility index (Phi) is 7.53. The Morgan fingerprint density at radius 3 is 2.51 bits per heavy atom. The number of unbranched alkanes of at least 4 members (excludes halogenated alkanes) is 3. The molecule has 3 fully saturated rings. The molecule has 8 heteroatoms. The third-order valence-electron chi connectivity index (χ3n) is 8.10. The standard InChI is InChI=1S/C27H38N2O5S/c1-5-34-25(33)20-19-24(32)29(15-8-6-7-9-16-30)22(27(19)14-13-26(20,4)35-27)23(31)28-21-17(2)11-10-12-18(21)3/h10-12,19-20,22,30H,5-9,13-16H2,1-4H3,(H,28,31)/t19-,20-,22?,26+,27?/m0/s1. The fourth-order valence-corrected chi connectivity index (χ4v) is 8.85. The molecular weight excluding hydrogens is 464 g/mol. The molecule has 0 radical (unpaired) electrons. The summed E-state index contributed by atoms with van der Waals surface area (Å²) in [4.78, 5) is 42.8. The molecule has 2 bridgehead atoms. The van der Waals surface area contributed by atoms with Crippen molar-refractivity contribution < 1.29 is 24.2 Å². The van der Waals surface area contributed by atoms with Crippen molar-refractivity contribution in [3.05, 3.63) is 29.3 Å². The van der Waals surface area contributed by atoms with Gasteiger partial charge >= 0.3 is 5.97 Å². The van der Waals surface area contributed by atoms with Crippen LogP contribution in [0.2, 0.25) is 0 Å². The smallest absolute Gasteiger partial charge is 0.311 e. The summed E-state index contributed by atoms with van der Waals surface area (Å²) in [7, 11) is 0. The summed E-state index contributed by atoms with van der Waals surface area (Å²) in [6.45, 7) is 8.68. The van der Waals surface area contributed by atoms with Crippen molar-refractivity contribution in [3.63, 3.8) is 0 Å². The number of anilines is 1. The van der Waals surface area contributed by atoms with E-state index in [9.17, 15) is 14.4 Å². The van der Waals surface area contributed by atoms with Crippen LogP contribution >= 0.6 is 11.8 Å². The number of aliphatic hydroxyl groups excluding tert-OH is 1. The van der Waals surface area contributed by atoms with Crippen molar-refractivity contribution >= 4 is 35.2 Å². The number of aryl methyl sites for hydroxylation is 2. The van der Waals surface area contributed by atoms with E-state index < -0.39 is 27.4 Å². The molecule has 1 aromatic rings. The Bertz CT molecular complexity index is 980. The molecule has 0 saturated carbocycles. The van der Waals surface area contributed by atoms with E-state index in [4.69, 9.17) is 9.84 Å². The molecular formula is C27H38N2O5S. The second-order valence-electron chi connectivity index (χ2n) is 10.4. The lowest BCUT2D eigenvalue weighted by Gasteiger charge is -2.34. The second kappa shape index (κ2) is 10.1. The third-order valence-corrected chi connectivity index (χ3v) is 10.1. The maximum atomic E-state index is 14.0. The average Bonchev–Trinajstić information content (AvgIpc) is 3.37. The first-order chi connectivity index (χ1) is 16.7. The van der Waals surface area contributed by atoms with E-state index >= 15 is 0 Å². The SMILES string of the molecule is CCOC(=O)[C@@H]1[C@H]2C(=O)N(CCCCCCO)C(C(=O)Nc3c(C)cccc3C)C23CC[C@@]1(C)S3. The zero-order valence-electron chi connectivity index (χ0n) is 21.3. The fraction of sp³-hybridized carbons (Fsp3) is 0.667. The van der Waals surface area contributed by atoms with Crippen LogP contribution in [0, 0.1) is 25.7 Å². The maximum absolute atomic E-state index is 14.0. The molecule has 2 amide bonds. The third kappa shape index (κ3) is 4.37. The predicted molar refractivity (Wildman–Crippen MR) is 137 cm³/mol. The lowest BCUT2D eigenvalue weighted by Crippen LogP contribution is -2.51. The zero-order chi connectivity index (χ0) is 25.4. The number of hydrogen-bond donors (Lipinski definition) is 2. The first kappa shape index (κ1) is 26.0. The number of aliphatic hydroxyl groups is 1. The number of hydrogen-bond acceptors (Lipinski definition) is 6. The lowest BCUT2D eigenvalue weighted by atomic mass is 9.66. The number of carbonyl (C=O) groups is 3. The summed E-state index contributed by atoms with van der Waals surface area (Å²) >= 11 is 1.67. The highest BCUT2D eigenvalue weighted by molar-refractivity contribution is 8.02. The number of nitrogens with zero attached hydrogens (tertiary/aromatic N) is 1. The molecule has 35 heavy (non-hydrogen) atoms. The van der Waals surface area contributed by atoms with Gasteiger partial charge < -0.3 is 20.1 Å². The van der Waals surface area contributed by atoms with Crippen molar-refractivity contribution in [1.29, 1.82) is 0 Å². The van der Waals surface area contributed by atoms with E-state index in [-0.39, 0.29) is 31.0 Å². The minimum atomic E-state index is -0.636. The number of amides is 2. The van der Waals surface area contributed by atoms with Gasteiger partial charge in [-0.2, -0.15) is 0 Å². The quantitative estimate of drug-likeness (QED) is 0.373. The van der Waals surface area contributed by atoms with Crippen LogP contribution in [0.5, 0.6) is 0 Å². The highest BCUT2D eigenvalue weighted by Gasteiger charge is 2.77. The molecule has 3 heterocycles. The minimum absolute atomic E-state index is 0.0946. The number of likely N-dealkylation sites (tertiary alicyclic amines) is 1. The van der Waals surface area contributed by atoms with E-state index in [1.54, 1.807) is 23.6 Å². The number of carbonyl (C=O) groups excluding carboxylic acids is 3. The number of esters is 1. The largest absolute Gasteiger partial charge is 0.466 e. The van der Waals surface area contributed by atoms with Gasteiger partial charge in [0.2, 0.25) is 11.8 Å². The number of fused-ring (bicyclic) bond motifs is 1. The normalized spacial score (nSPS) is 31.1. The van der Waals surface area contributed by atoms with Crippen molar-refractivity contribution in [3.8, 4) is 0 Å². The molecule has 2 N–H and O–H groups in total. The van der Waals surface area contributed by atoms with Gasteiger partial charge in [0.25, 0.3) is 0 Å². The van der Waals surface area contributed by atoms with Gasteiger partial charge in [-0.05, 0) is 64.5 Å². The van der Waals surface area contributed by atoms with Gasteiger partial charge in [-0.25, -0.2) is 0 Å². The van der Waals surface area contributed by atoms with Crippen molar-refractivity contribution in [2.45, 2.75) is 81.8 Å². The molecule has 192 valence electrons. The highest BCUT2D eigenvalue weighted by atomic mass is 32.2. The van der Waals surface area contributed by atoms with Gasteiger partial charge in [0.1, 0.15) is 6.04 Å². The summed E-state index contributed by atoms with van der Waals surface area (Å²) in [5, 5.41) is 12.2. The van der Waals surface area contributed by atoms with Crippen molar-refractivity contribution in [1.82, 2.24) is 4.90 Å². The lowest BCUT2D eigenvalue weighted by molar-refractivity contribution is -0.155. The first-order valence-corrected chi connectivity index (χ1v) is 13.7. The highest BCUT2D eigenvalue weighted by Crippen LogP contribution is 2.71. The van der Waals surface area contributed by atoms with E-state index in [1.807, 2.05) is 32.0 Å². The number of rotatable bonds is 10. The second-order valence-corrected chi connectivity index (χ2v) is 12.3. The molecule has 0 aromatic heterocycles. The van der Waals surface area contributed by atoms with Gasteiger partial charge in [0.15, 0.2) is 0 Å². The number of benzene rings is 1. The van der Waals surface area contributed by atoms with Crippen LogP contribution in [-0.2, 0) is 19.1 Å². The van der Waals surface area contributed by atoms with Crippen molar-refractivity contribution in [2.24, 2.45) is 11.8 Å². The molecule has 7 nitrogen and oxygen atoms in total. The minimum Gasteiger partial charge on any atom is -0.466 e. The van der Waals surface area contributed by atoms with Gasteiger partial charge in [-0.3, -0.25) is 14.4 Å². The first-order valence-electron chi connectivity index (χ1n) is 12.9. The Morgan fingerprint density at radius 2 is 1.86 bits per heavy atom. The molecule has 3 aliphatic rings. The van der Waals surface area contributed by atoms with E-state index in [1.165, 1.54) is 0 Å². The molecule has 4 rings (SSSR count). The predicted octanol–water partition coefficient (Wildman–Crippen LogP) is 3.84. The maximum Gasteiger partial charge on any atom is 0.311 e. The zero-order valence-corrected chi connectivity index (χ0v) is 22.1. The molecule has 3 saturated heterocycles. The summed E-state index contributed by atoms with van der Waals surface area (Å²) in [5.74, 6) is -1.67. The molecule has 0 aliphatic carbocycles. The van der Waals surface area contributed by atoms with Gasteiger partial charge in [-0.1, -0.05) is 31.0 Å². The van der Waals surface area contributed by atoms with Crippen LogP contribution in [0.25, 0.3) is 0 Å². The van der Waals surface area contributed by atoms with Gasteiger partial charge in [0.05, 0.1) is 23.2 Å². The van der Waals surface area contributed by atoms with Gasteiger partial charge in [-0.15, -0.1) is 11.8 Å². The summed E-state index contributed by atoms with van der Waals surface area (Å²) in [5.41, 5.74) is 2.75. The topological polar surface area (TPSA) is 95.9 Å². The van der Waals surface area contributed by atoms with Crippen LogP contribution in [0.15, 0.2) is 18.2 Å². The Labute approximate surface area is 212 Å². The van der Waals surface area contributed by atoms with E-state index in [0.717, 1.165) is 55.3 Å². The molecule has 2 unspecified atom stereocenters. The number of para-hydroxylation sites is 1.